The molecule has 4 heteroatoms. The first-order valence-electron chi connectivity index (χ1n) is 6.32. The van der Waals surface area contributed by atoms with Gasteiger partial charge in [-0.25, -0.2) is 0 Å². The first-order valence-corrected chi connectivity index (χ1v) is 7.49. The van der Waals surface area contributed by atoms with Gasteiger partial charge in [-0.15, -0.1) is 0 Å². The zero-order valence-corrected chi connectivity index (χ0v) is 13.2. The van der Waals surface area contributed by atoms with E-state index in [0.717, 1.165) is 15.8 Å². The van der Waals surface area contributed by atoms with Crippen molar-refractivity contribution in [1.82, 2.24) is 0 Å². The van der Waals surface area contributed by atoms with Crippen LogP contribution >= 0.6 is 27.5 Å². The Morgan fingerprint density at radius 3 is 2.60 bits per heavy atom. The topological polar surface area (TPSA) is 26.3 Å². The molecule has 0 amide bonds. The number of hydrogen-bond acceptors (Lipinski definition) is 2. The van der Waals surface area contributed by atoms with Crippen LogP contribution in [0.2, 0.25) is 5.02 Å². The van der Waals surface area contributed by atoms with E-state index in [9.17, 15) is 4.79 Å². The highest BCUT2D eigenvalue weighted by atomic mass is 79.9. The second kappa shape index (κ2) is 7.46. The van der Waals surface area contributed by atoms with Crippen LogP contribution < -0.4 is 4.74 Å². The zero-order valence-electron chi connectivity index (χ0n) is 10.8. The summed E-state index contributed by atoms with van der Waals surface area (Å²) in [6, 6.07) is 14.6. The molecule has 20 heavy (non-hydrogen) atoms. The lowest BCUT2D eigenvalue weighted by Gasteiger charge is -2.06. The zero-order chi connectivity index (χ0) is 14.4. The highest BCUT2D eigenvalue weighted by Gasteiger charge is 2.05. The molecule has 0 radical (unpaired) electrons. The smallest absolute Gasteiger partial charge is 0.163 e. The molecule has 104 valence electrons. The van der Waals surface area contributed by atoms with Crippen LogP contribution in [0, 0.1) is 0 Å². The highest BCUT2D eigenvalue weighted by molar-refractivity contribution is 9.10. The van der Waals surface area contributed by atoms with Crippen LogP contribution in [0.3, 0.4) is 0 Å². The molecule has 2 nitrogen and oxygen atoms in total. The number of hydrogen-bond donors (Lipinski definition) is 0. The standard InChI is InChI=1S/C16H14BrClO2/c17-13-8-6-12(7-9-13)16(19)5-2-10-20-15-4-1-3-14(18)11-15/h1,3-4,6-9,11H,2,5,10H2. The molecule has 0 atom stereocenters. The second-order valence-corrected chi connectivity index (χ2v) is 5.69. The Kier molecular flexibility index (Phi) is 5.62. The maximum Gasteiger partial charge on any atom is 0.163 e. The van der Waals surface area contributed by atoms with Crippen molar-refractivity contribution in [2.45, 2.75) is 12.8 Å². The number of Topliss-reactive ketones (excluding diaryl/α,β-unsaturated/α-hetero) is 1. The van der Waals surface area contributed by atoms with E-state index in [0.29, 0.717) is 24.5 Å². The summed E-state index contributed by atoms with van der Waals surface area (Å²) in [5, 5.41) is 0.647. The lowest BCUT2D eigenvalue weighted by molar-refractivity contribution is 0.0973. The van der Waals surface area contributed by atoms with Gasteiger partial charge in [0.25, 0.3) is 0 Å². The molecule has 2 rings (SSSR count). The predicted molar refractivity (Wildman–Crippen MR) is 84.7 cm³/mol. The van der Waals surface area contributed by atoms with Gasteiger partial charge in [0.05, 0.1) is 6.61 Å². The van der Waals surface area contributed by atoms with Gasteiger partial charge in [-0.2, -0.15) is 0 Å². The van der Waals surface area contributed by atoms with Gasteiger partial charge >= 0.3 is 0 Å². The Bertz CT molecular complexity index is 581. The number of benzene rings is 2. The summed E-state index contributed by atoms with van der Waals surface area (Å²) in [4.78, 5) is 11.9. The lowest BCUT2D eigenvalue weighted by atomic mass is 10.1. The average Bonchev–Trinajstić information content (AvgIpc) is 2.44. The Morgan fingerprint density at radius 1 is 1.15 bits per heavy atom. The van der Waals surface area contributed by atoms with Crippen molar-refractivity contribution in [3.8, 4) is 5.75 Å². The van der Waals surface area contributed by atoms with Crippen molar-refractivity contribution < 1.29 is 9.53 Å². The van der Waals surface area contributed by atoms with Crippen molar-refractivity contribution in [3.63, 3.8) is 0 Å². The van der Waals surface area contributed by atoms with Gasteiger partial charge in [0.2, 0.25) is 0 Å². The van der Waals surface area contributed by atoms with Gasteiger partial charge in [-0.1, -0.05) is 45.7 Å². The third-order valence-electron chi connectivity index (χ3n) is 2.78. The molecule has 0 saturated carbocycles. The van der Waals surface area contributed by atoms with E-state index in [1.165, 1.54) is 0 Å². The molecule has 0 aliphatic carbocycles. The van der Waals surface area contributed by atoms with E-state index in [1.54, 1.807) is 12.1 Å². The van der Waals surface area contributed by atoms with Crippen molar-refractivity contribution >= 4 is 33.3 Å². The normalized spacial score (nSPS) is 10.3. The number of ketones is 1. The fraction of sp³-hybridized carbons (Fsp3) is 0.188. The molecule has 0 aromatic heterocycles. The van der Waals surface area contributed by atoms with E-state index in [-0.39, 0.29) is 5.78 Å². The summed E-state index contributed by atoms with van der Waals surface area (Å²) in [6.07, 6.45) is 1.16. The molecule has 0 bridgehead atoms. The quantitative estimate of drug-likeness (QED) is 0.530. The minimum Gasteiger partial charge on any atom is -0.494 e. The molecule has 2 aromatic rings. The second-order valence-electron chi connectivity index (χ2n) is 4.34. The molecule has 0 aliphatic heterocycles. The number of ether oxygens (including phenoxy) is 1. The van der Waals surface area contributed by atoms with Gasteiger partial charge in [0.15, 0.2) is 5.78 Å². The average molecular weight is 354 g/mol. The number of halogens is 2. The van der Waals surface area contributed by atoms with Crippen molar-refractivity contribution in [3.05, 3.63) is 63.6 Å². The van der Waals surface area contributed by atoms with E-state index in [1.807, 2.05) is 36.4 Å². The van der Waals surface area contributed by atoms with E-state index in [2.05, 4.69) is 15.9 Å². The molecular weight excluding hydrogens is 340 g/mol. The van der Waals surface area contributed by atoms with Crippen LogP contribution in [0.25, 0.3) is 0 Å². The van der Waals surface area contributed by atoms with Crippen LogP contribution in [-0.2, 0) is 0 Å². The Morgan fingerprint density at radius 2 is 1.90 bits per heavy atom. The first-order chi connectivity index (χ1) is 9.65. The minimum atomic E-state index is 0.132. The van der Waals surface area contributed by atoms with Gasteiger partial charge in [-0.3, -0.25) is 4.79 Å². The van der Waals surface area contributed by atoms with E-state index < -0.39 is 0 Å². The number of rotatable bonds is 6. The lowest BCUT2D eigenvalue weighted by Crippen LogP contribution is -2.03. The summed E-state index contributed by atoms with van der Waals surface area (Å²) in [6.45, 7) is 0.503. The van der Waals surface area contributed by atoms with Gasteiger partial charge < -0.3 is 4.74 Å². The third kappa shape index (κ3) is 4.66. The fourth-order valence-corrected chi connectivity index (χ4v) is 2.20. The maximum atomic E-state index is 11.9. The fourth-order valence-electron chi connectivity index (χ4n) is 1.76. The molecule has 0 saturated heterocycles. The van der Waals surface area contributed by atoms with E-state index in [4.69, 9.17) is 16.3 Å². The molecule has 0 heterocycles. The van der Waals surface area contributed by atoms with Crippen LogP contribution in [0.4, 0.5) is 0 Å². The van der Waals surface area contributed by atoms with Crippen molar-refractivity contribution in [2.75, 3.05) is 6.61 Å². The predicted octanol–water partition coefficient (Wildman–Crippen LogP) is 5.14. The molecule has 0 spiro atoms. The maximum absolute atomic E-state index is 11.9. The summed E-state index contributed by atoms with van der Waals surface area (Å²) in [5.41, 5.74) is 0.732. The first kappa shape index (κ1) is 15.1. The van der Waals surface area contributed by atoms with Gasteiger partial charge in [0.1, 0.15) is 5.75 Å². The molecule has 0 N–H and O–H groups in total. The number of carbonyl (C=O) groups is 1. The van der Waals surface area contributed by atoms with Crippen LogP contribution in [0.15, 0.2) is 53.0 Å². The number of carbonyl (C=O) groups excluding carboxylic acids is 1. The Labute approximate surface area is 131 Å². The summed E-state index contributed by atoms with van der Waals surface area (Å²) < 4.78 is 6.52. The van der Waals surface area contributed by atoms with Crippen molar-refractivity contribution in [1.29, 1.82) is 0 Å². The third-order valence-corrected chi connectivity index (χ3v) is 3.54. The van der Waals surface area contributed by atoms with Gasteiger partial charge in [0, 0.05) is 21.5 Å². The SMILES string of the molecule is O=C(CCCOc1cccc(Cl)c1)c1ccc(Br)cc1. The van der Waals surface area contributed by atoms with Crippen molar-refractivity contribution in [2.24, 2.45) is 0 Å². The molecular formula is C16H14BrClO2. The summed E-state index contributed by atoms with van der Waals surface area (Å²) in [7, 11) is 0. The largest absolute Gasteiger partial charge is 0.494 e. The van der Waals surface area contributed by atoms with Crippen LogP contribution in [-0.4, -0.2) is 12.4 Å². The summed E-state index contributed by atoms with van der Waals surface area (Å²) in [5.74, 6) is 0.862. The molecule has 2 aromatic carbocycles. The minimum absolute atomic E-state index is 0.132. The molecule has 0 aliphatic rings. The van der Waals surface area contributed by atoms with Crippen LogP contribution in [0.1, 0.15) is 23.2 Å². The Hall–Kier alpha value is -1.32. The highest BCUT2D eigenvalue weighted by Crippen LogP contribution is 2.17. The molecule has 0 unspecified atom stereocenters. The van der Waals surface area contributed by atoms with E-state index >= 15 is 0 Å². The van der Waals surface area contributed by atoms with Crippen LogP contribution in [0.5, 0.6) is 5.75 Å². The Balaban J connectivity index is 1.76. The summed E-state index contributed by atoms with van der Waals surface area (Å²) >= 11 is 9.21. The molecule has 0 fully saturated rings. The monoisotopic (exact) mass is 352 g/mol. The van der Waals surface area contributed by atoms with Gasteiger partial charge in [-0.05, 0) is 36.8 Å².